The molecule has 0 saturated heterocycles. The predicted octanol–water partition coefficient (Wildman–Crippen LogP) is 0.437. The molecule has 1 heterocycles. The van der Waals surface area contributed by atoms with Crippen LogP contribution in [-0.2, 0) is 9.47 Å². The summed E-state index contributed by atoms with van der Waals surface area (Å²) in [6.07, 6.45) is 1.26. The summed E-state index contributed by atoms with van der Waals surface area (Å²) >= 11 is 0. The molecule has 100 valence electrons. The number of carboxylic acid groups (broad SMARTS) is 1. The number of nitrogens with one attached hydrogen (secondary N) is 1. The van der Waals surface area contributed by atoms with Crippen molar-refractivity contribution >= 4 is 17.5 Å². The van der Waals surface area contributed by atoms with Gasteiger partial charge in [0.1, 0.15) is 5.82 Å². The number of nitrogens with zero attached hydrogens (tertiary/aromatic N) is 1. The monoisotopic (exact) mass is 255 g/mol. The van der Waals surface area contributed by atoms with Crippen LogP contribution in [0.1, 0.15) is 10.4 Å². The zero-order chi connectivity index (χ0) is 13.4. The Bertz CT molecular complexity index is 398. The van der Waals surface area contributed by atoms with Crippen LogP contribution >= 0.6 is 0 Å². The second kappa shape index (κ2) is 7.46. The summed E-state index contributed by atoms with van der Waals surface area (Å²) in [6, 6.07) is 1.36. The molecule has 0 aliphatic carbocycles. The summed E-state index contributed by atoms with van der Waals surface area (Å²) in [5, 5.41) is 11.7. The number of anilines is 2. The molecule has 0 atom stereocenters. The molecule has 0 aromatic carbocycles. The van der Waals surface area contributed by atoms with Crippen LogP contribution in [-0.4, -0.2) is 49.5 Å². The molecular weight excluding hydrogens is 238 g/mol. The third kappa shape index (κ3) is 4.56. The van der Waals surface area contributed by atoms with E-state index in [4.69, 9.17) is 20.3 Å². The van der Waals surface area contributed by atoms with E-state index >= 15 is 0 Å². The molecule has 4 N–H and O–H groups in total. The normalized spacial score (nSPS) is 10.3. The van der Waals surface area contributed by atoms with Crippen LogP contribution in [0.3, 0.4) is 0 Å². The number of methoxy groups -OCH3 is 1. The van der Waals surface area contributed by atoms with Gasteiger partial charge in [-0.1, -0.05) is 0 Å². The maximum atomic E-state index is 10.7. The average molecular weight is 255 g/mol. The van der Waals surface area contributed by atoms with Crippen molar-refractivity contribution in [3.63, 3.8) is 0 Å². The van der Waals surface area contributed by atoms with E-state index in [1.807, 2.05) is 0 Å². The minimum atomic E-state index is -1.05. The van der Waals surface area contributed by atoms with Gasteiger partial charge in [-0.15, -0.1) is 0 Å². The summed E-state index contributed by atoms with van der Waals surface area (Å²) in [7, 11) is 1.61. The van der Waals surface area contributed by atoms with Gasteiger partial charge in [0.25, 0.3) is 0 Å². The first kappa shape index (κ1) is 14.2. The van der Waals surface area contributed by atoms with Crippen molar-refractivity contribution < 1.29 is 19.4 Å². The van der Waals surface area contributed by atoms with Crippen molar-refractivity contribution in [2.45, 2.75) is 0 Å². The van der Waals surface area contributed by atoms with Gasteiger partial charge in [0.15, 0.2) is 0 Å². The molecule has 0 aliphatic heterocycles. The van der Waals surface area contributed by atoms with Gasteiger partial charge in [0.05, 0.1) is 31.1 Å². The van der Waals surface area contributed by atoms with Gasteiger partial charge >= 0.3 is 5.97 Å². The van der Waals surface area contributed by atoms with E-state index in [9.17, 15) is 4.79 Å². The highest BCUT2D eigenvalue weighted by Gasteiger charge is 2.07. The van der Waals surface area contributed by atoms with Crippen LogP contribution in [0.15, 0.2) is 12.3 Å². The van der Waals surface area contributed by atoms with Gasteiger partial charge < -0.3 is 25.6 Å². The van der Waals surface area contributed by atoms with Gasteiger partial charge in [0.2, 0.25) is 0 Å². The Morgan fingerprint density at radius 3 is 2.89 bits per heavy atom. The molecule has 18 heavy (non-hydrogen) atoms. The molecule has 1 aromatic heterocycles. The molecule has 0 amide bonds. The van der Waals surface area contributed by atoms with Gasteiger partial charge in [-0.3, -0.25) is 0 Å². The van der Waals surface area contributed by atoms with E-state index in [-0.39, 0.29) is 5.56 Å². The van der Waals surface area contributed by atoms with Crippen molar-refractivity contribution in [3.8, 4) is 0 Å². The Morgan fingerprint density at radius 1 is 1.50 bits per heavy atom. The number of hydrogen-bond donors (Lipinski definition) is 3. The lowest BCUT2D eigenvalue weighted by atomic mass is 10.2. The molecule has 0 saturated carbocycles. The molecule has 0 bridgehead atoms. The Labute approximate surface area is 105 Å². The molecular formula is C11H17N3O4. The minimum absolute atomic E-state index is 0.0643. The second-order valence-corrected chi connectivity index (χ2v) is 3.50. The van der Waals surface area contributed by atoms with E-state index in [2.05, 4.69) is 10.3 Å². The van der Waals surface area contributed by atoms with Crippen molar-refractivity contribution in [2.24, 2.45) is 0 Å². The highest BCUT2D eigenvalue weighted by molar-refractivity contribution is 5.89. The summed E-state index contributed by atoms with van der Waals surface area (Å²) < 4.78 is 10.1. The first-order valence-corrected chi connectivity index (χ1v) is 5.44. The highest BCUT2D eigenvalue weighted by Crippen LogP contribution is 2.15. The number of aromatic carboxylic acids is 1. The van der Waals surface area contributed by atoms with Crippen molar-refractivity contribution in [3.05, 3.63) is 17.8 Å². The molecule has 0 aliphatic rings. The van der Waals surface area contributed by atoms with Gasteiger partial charge in [-0.2, -0.15) is 0 Å². The topological polar surface area (TPSA) is 107 Å². The van der Waals surface area contributed by atoms with E-state index < -0.39 is 5.97 Å². The smallest absolute Gasteiger partial charge is 0.337 e. The fourth-order valence-electron chi connectivity index (χ4n) is 1.23. The van der Waals surface area contributed by atoms with Crippen molar-refractivity contribution in [1.29, 1.82) is 0 Å². The number of hydrogen-bond acceptors (Lipinski definition) is 6. The summed E-state index contributed by atoms with van der Waals surface area (Å²) in [5.41, 5.74) is 6.03. The summed E-state index contributed by atoms with van der Waals surface area (Å²) in [4.78, 5) is 14.6. The van der Waals surface area contributed by atoms with E-state index in [0.717, 1.165) is 0 Å². The largest absolute Gasteiger partial charge is 0.478 e. The van der Waals surface area contributed by atoms with Crippen molar-refractivity contribution in [1.82, 2.24) is 4.98 Å². The Kier molecular flexibility index (Phi) is 5.89. The zero-order valence-corrected chi connectivity index (χ0v) is 10.2. The quantitative estimate of drug-likeness (QED) is 0.578. The molecule has 0 spiro atoms. The molecule has 1 rings (SSSR count). The van der Waals surface area contributed by atoms with Gasteiger partial charge in [-0.25, -0.2) is 9.78 Å². The summed E-state index contributed by atoms with van der Waals surface area (Å²) in [6.45, 7) is 2.10. The van der Waals surface area contributed by atoms with E-state index in [0.29, 0.717) is 37.9 Å². The van der Waals surface area contributed by atoms with Crippen LogP contribution in [0.25, 0.3) is 0 Å². The van der Waals surface area contributed by atoms with E-state index in [1.54, 1.807) is 7.11 Å². The Hall–Kier alpha value is -1.86. The van der Waals surface area contributed by atoms with E-state index in [1.165, 1.54) is 12.3 Å². The SMILES string of the molecule is COCCOCCNc1ncc(C(=O)O)cc1N. The van der Waals surface area contributed by atoms with Gasteiger partial charge in [0, 0.05) is 19.9 Å². The predicted molar refractivity (Wildman–Crippen MR) is 66.8 cm³/mol. The third-order valence-corrected chi connectivity index (χ3v) is 2.13. The van der Waals surface area contributed by atoms with Crippen LogP contribution in [0.4, 0.5) is 11.5 Å². The molecule has 0 radical (unpaired) electrons. The number of aromatic nitrogens is 1. The lowest BCUT2D eigenvalue weighted by molar-refractivity contribution is 0.0696. The lowest BCUT2D eigenvalue weighted by Crippen LogP contribution is -2.14. The fraction of sp³-hybridized carbons (Fsp3) is 0.455. The standard InChI is InChI=1S/C11H17N3O4/c1-17-4-5-18-3-2-13-10-9(12)6-8(7-14-10)11(15)16/h6-7H,2-5,12H2,1H3,(H,13,14)(H,15,16). The number of rotatable bonds is 8. The first-order chi connectivity index (χ1) is 8.65. The third-order valence-electron chi connectivity index (χ3n) is 2.13. The molecule has 0 unspecified atom stereocenters. The number of pyridine rings is 1. The molecule has 1 aromatic rings. The van der Waals surface area contributed by atoms with Crippen LogP contribution in [0.2, 0.25) is 0 Å². The van der Waals surface area contributed by atoms with Crippen LogP contribution in [0.5, 0.6) is 0 Å². The molecule has 7 heteroatoms. The van der Waals surface area contributed by atoms with Gasteiger partial charge in [-0.05, 0) is 6.07 Å². The highest BCUT2D eigenvalue weighted by atomic mass is 16.5. The van der Waals surface area contributed by atoms with Crippen molar-refractivity contribution in [2.75, 3.05) is 44.5 Å². The number of ether oxygens (including phenoxy) is 2. The Morgan fingerprint density at radius 2 is 2.28 bits per heavy atom. The fourth-order valence-corrected chi connectivity index (χ4v) is 1.23. The first-order valence-electron chi connectivity index (χ1n) is 5.44. The lowest BCUT2D eigenvalue weighted by Gasteiger charge is -2.09. The Balaban J connectivity index is 2.36. The average Bonchev–Trinajstić information content (AvgIpc) is 2.35. The number of nitrogens with two attached hydrogens (primary N) is 1. The molecule has 0 fully saturated rings. The summed E-state index contributed by atoms with van der Waals surface area (Å²) in [5.74, 6) is -0.598. The number of carboxylic acids is 1. The number of carbonyl (C=O) groups is 1. The van der Waals surface area contributed by atoms with Crippen LogP contribution in [0, 0.1) is 0 Å². The number of nitrogen functional groups attached to an aromatic ring is 1. The zero-order valence-electron chi connectivity index (χ0n) is 10.2. The molecule has 7 nitrogen and oxygen atoms in total. The maximum Gasteiger partial charge on any atom is 0.337 e. The van der Waals surface area contributed by atoms with Crippen LogP contribution < -0.4 is 11.1 Å². The maximum absolute atomic E-state index is 10.7. The minimum Gasteiger partial charge on any atom is -0.478 e. The second-order valence-electron chi connectivity index (χ2n) is 3.50.